The lowest BCUT2D eigenvalue weighted by atomic mass is 10.0. The van der Waals surface area contributed by atoms with Crippen LogP contribution >= 0.6 is 0 Å². The second-order valence-electron chi connectivity index (χ2n) is 8.92. The standard InChI is InChI=1S/C27H34N4O3S/c1-4-31(5-2)35(33,34)23-13-14-26(30-17-15-29(3)16-18-30)25(20-23)28-27(32)19-22-11-8-10-21-9-6-7-12-24(21)22/h6-14,20H,4-5,15-19H2,1-3H3,(H,28,32). The number of piperazine rings is 1. The topological polar surface area (TPSA) is 73.0 Å². The number of benzene rings is 3. The summed E-state index contributed by atoms with van der Waals surface area (Å²) in [5, 5.41) is 5.17. The number of anilines is 2. The van der Waals surface area contributed by atoms with Crippen LogP contribution < -0.4 is 10.2 Å². The van der Waals surface area contributed by atoms with Crippen molar-refractivity contribution in [3.8, 4) is 0 Å². The van der Waals surface area contributed by atoms with Crippen molar-refractivity contribution in [1.82, 2.24) is 9.21 Å². The second kappa shape index (κ2) is 10.8. The fraction of sp³-hybridized carbons (Fsp3) is 0.370. The second-order valence-corrected chi connectivity index (χ2v) is 10.9. The molecule has 35 heavy (non-hydrogen) atoms. The summed E-state index contributed by atoms with van der Waals surface area (Å²) in [6.07, 6.45) is 0.205. The van der Waals surface area contributed by atoms with Crippen molar-refractivity contribution in [3.63, 3.8) is 0 Å². The Morgan fingerprint density at radius 3 is 2.34 bits per heavy atom. The lowest BCUT2D eigenvalue weighted by Crippen LogP contribution is -2.44. The van der Waals surface area contributed by atoms with E-state index in [4.69, 9.17) is 0 Å². The summed E-state index contributed by atoms with van der Waals surface area (Å²) in [5.74, 6) is -0.172. The van der Waals surface area contributed by atoms with E-state index in [2.05, 4.69) is 22.2 Å². The van der Waals surface area contributed by atoms with Crippen LogP contribution in [0.2, 0.25) is 0 Å². The number of hydrogen-bond acceptors (Lipinski definition) is 5. The number of amides is 1. The fourth-order valence-electron chi connectivity index (χ4n) is 4.63. The average molecular weight is 495 g/mol. The molecule has 7 nitrogen and oxygen atoms in total. The zero-order chi connectivity index (χ0) is 25.0. The van der Waals surface area contributed by atoms with Gasteiger partial charge in [-0.05, 0) is 41.6 Å². The van der Waals surface area contributed by atoms with Crippen LogP contribution in [0.1, 0.15) is 19.4 Å². The third kappa shape index (κ3) is 5.50. The van der Waals surface area contributed by atoms with Crippen molar-refractivity contribution in [2.75, 3.05) is 56.5 Å². The summed E-state index contributed by atoms with van der Waals surface area (Å²) in [6.45, 7) is 7.87. The van der Waals surface area contributed by atoms with E-state index in [0.29, 0.717) is 18.8 Å². The Balaban J connectivity index is 1.66. The predicted octanol–water partition coefficient (Wildman–Crippen LogP) is 3.80. The molecule has 0 saturated carbocycles. The summed E-state index contributed by atoms with van der Waals surface area (Å²) in [5.41, 5.74) is 2.32. The van der Waals surface area contributed by atoms with Crippen LogP contribution in [0.15, 0.2) is 65.6 Å². The highest BCUT2D eigenvalue weighted by Crippen LogP contribution is 2.31. The smallest absolute Gasteiger partial charge is 0.243 e. The quantitative estimate of drug-likeness (QED) is 0.516. The van der Waals surface area contributed by atoms with Crippen LogP contribution in [0, 0.1) is 0 Å². The molecule has 0 unspecified atom stereocenters. The van der Waals surface area contributed by atoms with Crippen LogP contribution in [0.3, 0.4) is 0 Å². The Bertz CT molecular complexity index is 1290. The number of nitrogens with one attached hydrogen (secondary N) is 1. The summed E-state index contributed by atoms with van der Waals surface area (Å²) in [6, 6.07) is 19.0. The SMILES string of the molecule is CCN(CC)S(=O)(=O)c1ccc(N2CCN(C)CC2)c(NC(=O)Cc2cccc3ccccc23)c1. The number of hydrogen-bond donors (Lipinski definition) is 1. The molecule has 1 aliphatic rings. The Hall–Kier alpha value is -2.94. The molecule has 1 saturated heterocycles. The van der Waals surface area contributed by atoms with Crippen LogP contribution in [0.25, 0.3) is 10.8 Å². The Morgan fingerprint density at radius 1 is 0.943 bits per heavy atom. The van der Waals surface area contributed by atoms with Gasteiger partial charge in [0, 0.05) is 39.3 Å². The summed E-state index contributed by atoms with van der Waals surface area (Å²) in [4.78, 5) is 17.9. The Labute approximate surface area is 208 Å². The van der Waals surface area contributed by atoms with E-state index in [0.717, 1.165) is 48.2 Å². The minimum absolute atomic E-state index is 0.172. The molecule has 1 fully saturated rings. The van der Waals surface area contributed by atoms with E-state index < -0.39 is 10.0 Å². The van der Waals surface area contributed by atoms with Gasteiger partial charge in [0.2, 0.25) is 15.9 Å². The van der Waals surface area contributed by atoms with E-state index in [1.54, 1.807) is 12.1 Å². The van der Waals surface area contributed by atoms with Crippen molar-refractivity contribution < 1.29 is 13.2 Å². The van der Waals surface area contributed by atoms with E-state index >= 15 is 0 Å². The number of carbonyl (C=O) groups is 1. The third-order valence-corrected chi connectivity index (χ3v) is 8.71. The summed E-state index contributed by atoms with van der Waals surface area (Å²) in [7, 11) is -1.56. The maximum absolute atomic E-state index is 13.2. The number of likely N-dealkylation sites (N-methyl/N-ethyl adjacent to an activating group) is 1. The number of rotatable bonds is 8. The molecule has 4 rings (SSSR count). The van der Waals surface area contributed by atoms with Gasteiger partial charge in [0.1, 0.15) is 0 Å². The molecule has 0 atom stereocenters. The van der Waals surface area contributed by atoms with E-state index in [1.807, 2.05) is 62.4 Å². The fourth-order valence-corrected chi connectivity index (χ4v) is 6.11. The van der Waals surface area contributed by atoms with Gasteiger partial charge in [0.15, 0.2) is 0 Å². The molecule has 0 spiro atoms. The summed E-state index contributed by atoms with van der Waals surface area (Å²) < 4.78 is 27.8. The molecule has 0 aliphatic carbocycles. The predicted molar refractivity (Wildman–Crippen MR) is 143 cm³/mol. The Kier molecular flexibility index (Phi) is 7.74. The highest BCUT2D eigenvalue weighted by atomic mass is 32.2. The monoisotopic (exact) mass is 494 g/mol. The van der Waals surface area contributed by atoms with Crippen molar-refractivity contribution in [2.45, 2.75) is 25.2 Å². The Morgan fingerprint density at radius 2 is 1.63 bits per heavy atom. The van der Waals surface area contributed by atoms with Gasteiger partial charge in [-0.2, -0.15) is 4.31 Å². The van der Waals surface area contributed by atoms with Crippen molar-refractivity contribution >= 4 is 38.1 Å². The van der Waals surface area contributed by atoms with Crippen molar-refractivity contribution in [3.05, 3.63) is 66.2 Å². The highest BCUT2D eigenvalue weighted by molar-refractivity contribution is 7.89. The van der Waals surface area contributed by atoms with Gasteiger partial charge in [-0.3, -0.25) is 4.79 Å². The van der Waals surface area contributed by atoms with Crippen LogP contribution in [0.4, 0.5) is 11.4 Å². The molecule has 0 radical (unpaired) electrons. The highest BCUT2D eigenvalue weighted by Gasteiger charge is 2.25. The molecule has 1 heterocycles. The lowest BCUT2D eigenvalue weighted by molar-refractivity contribution is -0.115. The van der Waals surface area contributed by atoms with E-state index in [1.165, 1.54) is 4.31 Å². The van der Waals surface area contributed by atoms with Gasteiger partial charge in [0.25, 0.3) is 0 Å². The van der Waals surface area contributed by atoms with E-state index in [-0.39, 0.29) is 17.2 Å². The molecule has 0 aromatic heterocycles. The molecule has 0 bridgehead atoms. The van der Waals surface area contributed by atoms with Crippen LogP contribution in [-0.4, -0.2) is 69.8 Å². The molecule has 1 amide bonds. The first-order valence-electron chi connectivity index (χ1n) is 12.2. The molecular weight excluding hydrogens is 460 g/mol. The van der Waals surface area contributed by atoms with Gasteiger partial charge < -0.3 is 15.1 Å². The van der Waals surface area contributed by atoms with Crippen molar-refractivity contribution in [2.24, 2.45) is 0 Å². The molecule has 8 heteroatoms. The molecule has 3 aromatic carbocycles. The maximum Gasteiger partial charge on any atom is 0.243 e. The first kappa shape index (κ1) is 25.2. The lowest BCUT2D eigenvalue weighted by Gasteiger charge is -2.35. The number of carbonyl (C=O) groups excluding carboxylic acids is 1. The van der Waals surface area contributed by atoms with Crippen LogP contribution in [-0.2, 0) is 21.2 Å². The molecule has 1 aliphatic heterocycles. The minimum Gasteiger partial charge on any atom is -0.367 e. The zero-order valence-corrected chi connectivity index (χ0v) is 21.5. The van der Waals surface area contributed by atoms with Gasteiger partial charge >= 0.3 is 0 Å². The van der Waals surface area contributed by atoms with Gasteiger partial charge in [0.05, 0.1) is 22.7 Å². The minimum atomic E-state index is -3.65. The van der Waals surface area contributed by atoms with Gasteiger partial charge in [-0.15, -0.1) is 0 Å². The maximum atomic E-state index is 13.2. The number of nitrogens with zero attached hydrogens (tertiary/aromatic N) is 3. The normalized spacial score (nSPS) is 15.0. The van der Waals surface area contributed by atoms with Gasteiger partial charge in [-0.1, -0.05) is 56.3 Å². The number of fused-ring (bicyclic) bond motifs is 1. The van der Waals surface area contributed by atoms with E-state index in [9.17, 15) is 13.2 Å². The average Bonchev–Trinajstić information content (AvgIpc) is 2.85. The number of sulfonamides is 1. The van der Waals surface area contributed by atoms with Crippen molar-refractivity contribution in [1.29, 1.82) is 0 Å². The van der Waals surface area contributed by atoms with Crippen LogP contribution in [0.5, 0.6) is 0 Å². The first-order chi connectivity index (χ1) is 16.8. The molecule has 3 aromatic rings. The molecule has 1 N–H and O–H groups in total. The zero-order valence-electron chi connectivity index (χ0n) is 20.7. The molecular formula is C27H34N4O3S. The molecule has 186 valence electrons. The van der Waals surface area contributed by atoms with Gasteiger partial charge in [-0.25, -0.2) is 8.42 Å². The third-order valence-electron chi connectivity index (χ3n) is 6.66. The summed E-state index contributed by atoms with van der Waals surface area (Å²) >= 11 is 0. The first-order valence-corrected chi connectivity index (χ1v) is 13.6. The largest absolute Gasteiger partial charge is 0.367 e.